The van der Waals surface area contributed by atoms with Crippen LogP contribution in [0.1, 0.15) is 13.3 Å². The molecule has 0 aromatic rings. The van der Waals surface area contributed by atoms with E-state index in [0.717, 1.165) is 0 Å². The molecule has 1 amide bonds. The molecule has 2 rings (SSSR count). The van der Waals surface area contributed by atoms with Gasteiger partial charge in [0.25, 0.3) is 0 Å². The van der Waals surface area contributed by atoms with Gasteiger partial charge < -0.3 is 21.3 Å². The number of aliphatic carboxylic acids is 2. The molecule has 0 saturated heterocycles. The van der Waals surface area contributed by atoms with Gasteiger partial charge in [-0.25, -0.2) is 4.79 Å². The Morgan fingerprint density at radius 1 is 1.38 bits per heavy atom. The smallest absolute Gasteiger partial charge is 0.330 e. The van der Waals surface area contributed by atoms with Crippen molar-refractivity contribution in [2.45, 2.75) is 24.9 Å². The van der Waals surface area contributed by atoms with Crippen molar-refractivity contribution in [3.8, 4) is 0 Å². The molecule has 2 saturated carbocycles. The summed E-state index contributed by atoms with van der Waals surface area (Å²) in [6.07, 6.45) is -0.435. The highest BCUT2D eigenvalue weighted by Crippen LogP contribution is 2.60. The van der Waals surface area contributed by atoms with Crippen molar-refractivity contribution in [3.63, 3.8) is 0 Å². The summed E-state index contributed by atoms with van der Waals surface area (Å²) in [6.45, 7) is 1.34. The molecule has 0 aromatic carbocycles. The normalized spacial score (nSPS) is 34.8. The Kier molecular flexibility index (Phi) is 3.54. The molecule has 0 heterocycles. The minimum absolute atomic E-state index is 0.181. The van der Waals surface area contributed by atoms with Crippen molar-refractivity contribution in [2.75, 3.05) is 0 Å². The fraction of sp³-hybridized carbons (Fsp3) is 0.636. The number of hydrogen-bond donors (Lipinski definition) is 4. The van der Waals surface area contributed by atoms with Crippen LogP contribution in [-0.2, 0) is 24.7 Å². The predicted octanol–water partition coefficient (Wildman–Crippen LogP) is -2.32. The average molecular weight is 318 g/mol. The SMILES string of the molecule is C[C@H](N)C(=O)N[C@@]1(C(=O)O)CC(=S(=O)=O)[C@H]2[C@@H](C(=O)O)[C@@H]21. The Labute approximate surface area is 120 Å². The van der Waals surface area contributed by atoms with Gasteiger partial charge in [-0.05, 0) is 6.92 Å². The van der Waals surface area contributed by atoms with E-state index in [2.05, 4.69) is 5.32 Å². The van der Waals surface area contributed by atoms with Crippen LogP contribution in [0.15, 0.2) is 0 Å². The Morgan fingerprint density at radius 2 is 1.95 bits per heavy atom. The molecule has 21 heavy (non-hydrogen) atoms. The van der Waals surface area contributed by atoms with E-state index in [4.69, 9.17) is 10.8 Å². The summed E-state index contributed by atoms with van der Waals surface area (Å²) in [7, 11) is -2.70. The summed E-state index contributed by atoms with van der Waals surface area (Å²) in [5, 5.41) is 20.7. The number of nitrogens with two attached hydrogens (primary N) is 1. The van der Waals surface area contributed by atoms with Gasteiger partial charge in [-0.2, -0.15) is 8.42 Å². The molecule has 5 N–H and O–H groups in total. The van der Waals surface area contributed by atoms with Crippen molar-refractivity contribution >= 4 is 33.0 Å². The molecule has 0 aliphatic heterocycles. The lowest BCUT2D eigenvalue weighted by atomic mass is 9.89. The molecular weight excluding hydrogens is 304 g/mol. The van der Waals surface area contributed by atoms with Crippen molar-refractivity contribution in [3.05, 3.63) is 0 Å². The third-order valence-electron chi connectivity index (χ3n) is 4.05. The molecule has 0 bridgehead atoms. The van der Waals surface area contributed by atoms with Crippen molar-refractivity contribution in [1.82, 2.24) is 5.32 Å². The lowest BCUT2D eigenvalue weighted by molar-refractivity contribution is -0.149. The van der Waals surface area contributed by atoms with Gasteiger partial charge in [-0.3, -0.25) is 9.59 Å². The molecule has 0 spiro atoms. The molecule has 9 nitrogen and oxygen atoms in total. The van der Waals surface area contributed by atoms with E-state index in [1.165, 1.54) is 6.92 Å². The lowest BCUT2D eigenvalue weighted by Crippen LogP contribution is -2.59. The topological polar surface area (TPSA) is 164 Å². The summed E-state index contributed by atoms with van der Waals surface area (Å²) >= 11 is 0. The lowest BCUT2D eigenvalue weighted by Gasteiger charge is -2.29. The van der Waals surface area contributed by atoms with Crippen LogP contribution in [-0.4, -0.2) is 52.9 Å². The molecular formula is C11H14N2O7S. The fourth-order valence-corrected chi connectivity index (χ4v) is 3.91. The van der Waals surface area contributed by atoms with Crippen LogP contribution < -0.4 is 11.1 Å². The molecule has 2 aliphatic carbocycles. The van der Waals surface area contributed by atoms with Crippen molar-refractivity contribution in [2.24, 2.45) is 23.5 Å². The first kappa shape index (κ1) is 15.4. The van der Waals surface area contributed by atoms with Gasteiger partial charge in [-0.15, -0.1) is 0 Å². The maximum atomic E-state index is 11.7. The third kappa shape index (κ3) is 2.20. The summed E-state index contributed by atoms with van der Waals surface area (Å²) in [5.74, 6) is -6.52. The van der Waals surface area contributed by atoms with E-state index in [0.29, 0.717) is 0 Å². The Hall–Kier alpha value is -1.94. The predicted molar refractivity (Wildman–Crippen MR) is 68.8 cm³/mol. The molecule has 0 unspecified atom stereocenters. The van der Waals surface area contributed by atoms with Crippen molar-refractivity contribution < 1.29 is 33.0 Å². The minimum Gasteiger partial charge on any atom is -0.481 e. The number of carboxylic acid groups (broad SMARTS) is 2. The minimum atomic E-state index is -2.70. The molecule has 116 valence electrons. The zero-order valence-corrected chi connectivity index (χ0v) is 11.8. The number of hydrogen-bond acceptors (Lipinski definition) is 6. The molecule has 0 radical (unpaired) electrons. The van der Waals surface area contributed by atoms with Gasteiger partial charge in [0.15, 0.2) is 0 Å². The van der Waals surface area contributed by atoms with E-state index in [1.54, 1.807) is 0 Å². The molecule has 0 aromatic heterocycles. The second-order valence-electron chi connectivity index (χ2n) is 5.35. The van der Waals surface area contributed by atoms with Crippen LogP contribution in [0.25, 0.3) is 0 Å². The van der Waals surface area contributed by atoms with E-state index in [9.17, 15) is 27.9 Å². The van der Waals surface area contributed by atoms with Gasteiger partial charge in [0.1, 0.15) is 5.54 Å². The second-order valence-corrected chi connectivity index (χ2v) is 6.34. The van der Waals surface area contributed by atoms with Gasteiger partial charge in [0, 0.05) is 18.3 Å². The summed E-state index contributed by atoms with van der Waals surface area (Å²) < 4.78 is 22.4. The first-order chi connectivity index (χ1) is 9.63. The number of nitrogens with one attached hydrogen (secondary N) is 1. The maximum Gasteiger partial charge on any atom is 0.330 e. The van der Waals surface area contributed by atoms with Crippen LogP contribution in [0.3, 0.4) is 0 Å². The molecule has 5 atom stereocenters. The number of amides is 1. The first-order valence-corrected chi connectivity index (χ1v) is 7.19. The standard InChI is InChI=1S/C11H14N2O7S/c1-3(12)8(14)13-11(10(17)18)2-4(21(19)20)5-6(7(5)11)9(15)16/h3,5-7H,2,12H2,1H3,(H,13,14)(H,15,16)(H,17,18)/t3-,5-,6+,7+,11-/m0/s1. The van der Waals surface area contributed by atoms with E-state index in [1.807, 2.05) is 0 Å². The zero-order valence-electron chi connectivity index (χ0n) is 10.9. The number of fused-ring (bicyclic) bond motifs is 1. The fourth-order valence-electron chi connectivity index (χ4n) is 3.05. The van der Waals surface area contributed by atoms with Crippen LogP contribution in [0.5, 0.6) is 0 Å². The Balaban J connectivity index is 2.48. The van der Waals surface area contributed by atoms with Crippen LogP contribution in [0.4, 0.5) is 0 Å². The highest BCUT2D eigenvalue weighted by atomic mass is 32.2. The second kappa shape index (κ2) is 4.81. The quantitative estimate of drug-likeness (QED) is 0.419. The number of carbonyl (C=O) groups is 3. The number of rotatable bonds is 4. The Bertz CT molecular complexity index is 660. The molecule has 2 aliphatic rings. The van der Waals surface area contributed by atoms with Gasteiger partial charge in [-0.1, -0.05) is 0 Å². The Morgan fingerprint density at radius 3 is 2.33 bits per heavy atom. The zero-order chi connectivity index (χ0) is 16.1. The van der Waals surface area contributed by atoms with Crippen LogP contribution in [0, 0.1) is 17.8 Å². The number of carboxylic acids is 2. The first-order valence-electron chi connectivity index (χ1n) is 6.12. The van der Waals surface area contributed by atoms with Gasteiger partial charge >= 0.3 is 11.9 Å². The van der Waals surface area contributed by atoms with E-state index < -0.39 is 63.9 Å². The molecule has 10 heteroatoms. The van der Waals surface area contributed by atoms with E-state index in [-0.39, 0.29) is 4.86 Å². The monoisotopic (exact) mass is 318 g/mol. The third-order valence-corrected chi connectivity index (χ3v) is 4.90. The summed E-state index contributed by atoms with van der Waals surface area (Å²) in [4.78, 5) is 34.3. The van der Waals surface area contributed by atoms with E-state index >= 15 is 0 Å². The molecule has 2 fully saturated rings. The average Bonchev–Trinajstić information content (AvgIpc) is 3.01. The van der Waals surface area contributed by atoms with Crippen LogP contribution >= 0.6 is 0 Å². The summed E-state index contributed by atoms with van der Waals surface area (Å²) in [6, 6.07) is -0.997. The van der Waals surface area contributed by atoms with Crippen LogP contribution in [0.2, 0.25) is 0 Å². The van der Waals surface area contributed by atoms with Crippen molar-refractivity contribution in [1.29, 1.82) is 0 Å². The number of carbonyl (C=O) groups excluding carboxylic acids is 1. The highest BCUT2D eigenvalue weighted by Gasteiger charge is 2.75. The summed E-state index contributed by atoms with van der Waals surface area (Å²) in [5.41, 5.74) is 3.43. The maximum absolute atomic E-state index is 11.7. The highest BCUT2D eigenvalue weighted by molar-refractivity contribution is 7.73. The van der Waals surface area contributed by atoms with Gasteiger partial charge in [0.05, 0.1) is 16.8 Å². The van der Waals surface area contributed by atoms with Gasteiger partial charge in [0.2, 0.25) is 16.2 Å². The largest absolute Gasteiger partial charge is 0.481 e.